The highest BCUT2D eigenvalue weighted by molar-refractivity contribution is 7.68. The Morgan fingerprint density at radius 3 is 2.08 bits per heavy atom. The molecule has 1 rings (SSSR count). The van der Waals surface area contributed by atoms with Gasteiger partial charge in [0, 0.05) is 0 Å². The fourth-order valence-electron chi connectivity index (χ4n) is 1.95. The van der Waals surface area contributed by atoms with Gasteiger partial charge in [-0.2, -0.15) is 4.31 Å². The number of hydrogen-bond acceptors (Lipinski definition) is 8. The topological polar surface area (TPSA) is 200 Å². The van der Waals surface area contributed by atoms with E-state index in [-0.39, 0.29) is 5.57 Å². The summed E-state index contributed by atoms with van der Waals surface area (Å²) >= 11 is 0. The molecule has 0 heterocycles. The molecule has 16 heteroatoms. The van der Waals surface area contributed by atoms with Gasteiger partial charge >= 0.3 is 23.2 Å². The zero-order valence-corrected chi connectivity index (χ0v) is 14.9. The Hall–Kier alpha value is 0.135. The van der Waals surface area contributed by atoms with Crippen molar-refractivity contribution in [3.8, 4) is 0 Å². The first-order valence-corrected chi connectivity index (χ1v) is 10.9. The highest BCUT2D eigenvalue weighted by Crippen LogP contribution is 2.66. The molecule has 0 aromatic heterocycles. The molecule has 0 spiro atoms. The fraction of sp³-hybridized carbons (Fsp3) is 0.750. The van der Waals surface area contributed by atoms with Crippen LogP contribution >= 0.6 is 23.2 Å². The Morgan fingerprint density at radius 2 is 1.71 bits per heavy atom. The molecule has 1 saturated carbocycles. The van der Waals surface area contributed by atoms with Crippen molar-refractivity contribution in [2.75, 3.05) is 6.35 Å². The van der Waals surface area contributed by atoms with Crippen molar-refractivity contribution >= 4 is 31.1 Å². The molecule has 0 amide bonds. The molecule has 0 aromatic carbocycles. The van der Waals surface area contributed by atoms with E-state index >= 15 is 0 Å². The van der Waals surface area contributed by atoms with E-state index in [2.05, 4.69) is 15.2 Å². The van der Waals surface area contributed by atoms with Crippen LogP contribution in [0.15, 0.2) is 12.2 Å². The molecule has 0 aromatic rings. The second kappa shape index (κ2) is 7.04. The average molecular weight is 408 g/mol. The van der Waals surface area contributed by atoms with Crippen LogP contribution in [0.2, 0.25) is 5.82 Å². The standard InChI is InChI=1S/C8H16BO12P3/c1-4-5(7(10)8(2,11)6(4)9)19-3-22(12,13)20-24(17,18)21-23(14,15)16/h5-7,10-11H,1,3H2,2H3,(H,12,13)(H,17,18)(H2,14,15,16)/t5-,6+,7+,8-/m0/s1. The first-order chi connectivity index (χ1) is 10.5. The molecule has 1 fully saturated rings. The predicted molar refractivity (Wildman–Crippen MR) is 78.9 cm³/mol. The summed E-state index contributed by atoms with van der Waals surface area (Å²) in [6.45, 7) is 4.65. The van der Waals surface area contributed by atoms with Gasteiger partial charge in [-0.3, -0.25) is 4.57 Å². The maximum absolute atomic E-state index is 11.7. The van der Waals surface area contributed by atoms with E-state index in [1.807, 2.05) is 0 Å². The summed E-state index contributed by atoms with van der Waals surface area (Å²) in [5.74, 6) is -1.11. The third kappa shape index (κ3) is 5.57. The van der Waals surface area contributed by atoms with Gasteiger partial charge in [-0.25, -0.2) is 13.4 Å². The van der Waals surface area contributed by atoms with Crippen LogP contribution in [-0.2, 0) is 27.1 Å². The highest BCUT2D eigenvalue weighted by Gasteiger charge is 2.52. The molecule has 1 aliphatic rings. The minimum absolute atomic E-state index is 0.00820. The van der Waals surface area contributed by atoms with E-state index in [0.717, 1.165) is 0 Å². The molecular weight excluding hydrogens is 392 g/mol. The molecule has 12 nitrogen and oxygen atoms in total. The molecule has 6 N–H and O–H groups in total. The van der Waals surface area contributed by atoms with Gasteiger partial charge in [0.25, 0.3) is 0 Å². The van der Waals surface area contributed by atoms with Gasteiger partial charge in [-0.1, -0.05) is 6.58 Å². The second-order valence-corrected chi connectivity index (χ2v) is 9.96. The van der Waals surface area contributed by atoms with E-state index < -0.39 is 53.2 Å². The number of phosphoric acid groups is 2. The van der Waals surface area contributed by atoms with Crippen molar-refractivity contribution in [2.45, 2.75) is 30.5 Å². The molecule has 0 aliphatic heterocycles. The summed E-state index contributed by atoms with van der Waals surface area (Å²) in [6.07, 6.45) is -4.29. The smallest absolute Gasteiger partial charge is 0.388 e. The van der Waals surface area contributed by atoms with Crippen LogP contribution in [0.5, 0.6) is 0 Å². The van der Waals surface area contributed by atoms with E-state index in [1.54, 1.807) is 0 Å². The van der Waals surface area contributed by atoms with Crippen LogP contribution in [0, 0.1) is 0 Å². The van der Waals surface area contributed by atoms with Crippen LogP contribution in [0.25, 0.3) is 0 Å². The third-order valence-electron chi connectivity index (χ3n) is 3.14. The molecular formula is C8H16BO12P3. The van der Waals surface area contributed by atoms with Crippen LogP contribution in [0.4, 0.5) is 0 Å². The Kier molecular flexibility index (Phi) is 6.50. The monoisotopic (exact) mass is 408 g/mol. The first-order valence-electron chi connectivity index (χ1n) is 6.08. The molecule has 0 bridgehead atoms. The molecule has 24 heavy (non-hydrogen) atoms. The van der Waals surface area contributed by atoms with E-state index in [9.17, 15) is 28.8 Å². The Balaban J connectivity index is 2.76. The fourth-order valence-corrected chi connectivity index (χ4v) is 5.24. The van der Waals surface area contributed by atoms with E-state index in [4.69, 9.17) is 27.3 Å². The lowest BCUT2D eigenvalue weighted by Crippen LogP contribution is -2.42. The summed E-state index contributed by atoms with van der Waals surface area (Å²) in [4.78, 5) is 35.2. The summed E-state index contributed by atoms with van der Waals surface area (Å²) in [6, 6.07) is 0. The molecule has 1 aliphatic carbocycles. The summed E-state index contributed by atoms with van der Waals surface area (Å²) in [5, 5.41) is 19.8. The molecule has 2 unspecified atom stereocenters. The number of aliphatic hydroxyl groups excluding tert-OH is 1. The lowest BCUT2D eigenvalue weighted by Gasteiger charge is -2.27. The summed E-state index contributed by atoms with van der Waals surface area (Å²) in [7, 11) is -10.5. The SMILES string of the molecule is [B][C@@H]1C(=C)[C@H](OCP(=O)(O)OP(=O)(O)OP(=O)(O)O)[C@@H](O)[C@@]1(C)O. The molecule has 2 radical (unpaired) electrons. The van der Waals surface area contributed by atoms with Gasteiger partial charge in [0.2, 0.25) is 0 Å². The largest absolute Gasteiger partial charge is 0.488 e. The maximum atomic E-state index is 11.7. The maximum Gasteiger partial charge on any atom is 0.488 e. The second-order valence-electron chi connectivity index (χ2n) is 5.20. The molecule has 138 valence electrons. The summed E-state index contributed by atoms with van der Waals surface area (Å²) in [5.41, 5.74) is -1.84. The minimum Gasteiger partial charge on any atom is -0.388 e. The first kappa shape index (κ1) is 22.2. The van der Waals surface area contributed by atoms with Crippen molar-refractivity contribution in [1.82, 2.24) is 0 Å². The molecule has 0 saturated heterocycles. The van der Waals surface area contributed by atoms with Crippen molar-refractivity contribution in [1.29, 1.82) is 0 Å². The van der Waals surface area contributed by atoms with Crippen molar-refractivity contribution in [2.24, 2.45) is 0 Å². The quantitative estimate of drug-likeness (QED) is 0.177. The van der Waals surface area contributed by atoms with Crippen LogP contribution in [0.1, 0.15) is 6.92 Å². The van der Waals surface area contributed by atoms with Crippen LogP contribution in [-0.4, -0.2) is 61.8 Å². The predicted octanol–water partition coefficient (Wildman–Crippen LogP) is -0.621. The number of rotatable bonds is 7. The van der Waals surface area contributed by atoms with Crippen LogP contribution < -0.4 is 0 Å². The zero-order chi connectivity index (χ0) is 19.1. The minimum atomic E-state index is -5.58. The van der Waals surface area contributed by atoms with Crippen molar-refractivity contribution in [3.05, 3.63) is 12.2 Å². The zero-order valence-electron chi connectivity index (χ0n) is 12.2. The van der Waals surface area contributed by atoms with Gasteiger partial charge in [-0.15, -0.1) is 0 Å². The summed E-state index contributed by atoms with van der Waals surface area (Å²) < 4.78 is 45.4. The van der Waals surface area contributed by atoms with Crippen LogP contribution in [0.3, 0.4) is 0 Å². The number of hydrogen-bond donors (Lipinski definition) is 6. The number of ether oxygens (including phenoxy) is 1. The lowest BCUT2D eigenvalue weighted by atomic mass is 9.74. The Bertz CT molecular complexity index is 642. The van der Waals surface area contributed by atoms with Crippen molar-refractivity contribution in [3.63, 3.8) is 0 Å². The molecule has 6 atom stereocenters. The van der Waals surface area contributed by atoms with Gasteiger partial charge in [-0.05, 0) is 18.3 Å². The average Bonchev–Trinajstić information content (AvgIpc) is 2.45. The number of aliphatic hydroxyl groups is 2. The van der Waals surface area contributed by atoms with Gasteiger partial charge in [0.15, 0.2) is 0 Å². The van der Waals surface area contributed by atoms with Gasteiger partial charge < -0.3 is 34.5 Å². The normalized spacial score (nSPS) is 36.3. The Morgan fingerprint density at radius 1 is 1.21 bits per heavy atom. The van der Waals surface area contributed by atoms with E-state index in [0.29, 0.717) is 0 Å². The van der Waals surface area contributed by atoms with Crippen molar-refractivity contribution < 1.29 is 56.8 Å². The third-order valence-corrected chi connectivity index (χ3v) is 7.14. The Labute approximate surface area is 137 Å². The van der Waals surface area contributed by atoms with E-state index in [1.165, 1.54) is 6.92 Å². The van der Waals surface area contributed by atoms with Gasteiger partial charge in [0.05, 0.1) is 13.4 Å². The highest BCUT2D eigenvalue weighted by atomic mass is 31.3. The lowest BCUT2D eigenvalue weighted by molar-refractivity contribution is -0.0867. The van der Waals surface area contributed by atoms with Gasteiger partial charge in [0.1, 0.15) is 18.6 Å².